The van der Waals surface area contributed by atoms with Gasteiger partial charge in [0.15, 0.2) is 0 Å². The molecule has 0 atom stereocenters. The van der Waals surface area contributed by atoms with Gasteiger partial charge in [-0.2, -0.15) is 0 Å². The van der Waals surface area contributed by atoms with E-state index >= 15 is 0 Å². The predicted molar refractivity (Wildman–Crippen MR) is 61.0 cm³/mol. The summed E-state index contributed by atoms with van der Waals surface area (Å²) in [5.74, 6) is 0.752. The van der Waals surface area contributed by atoms with Crippen LogP contribution < -0.4 is 0 Å². The highest BCUT2D eigenvalue weighted by Gasteiger charge is 2.03. The zero-order valence-corrected chi connectivity index (χ0v) is 9.33. The molecule has 0 fully saturated rings. The number of halogens is 1. The minimum absolute atomic E-state index is 0.0421. The van der Waals surface area contributed by atoms with Crippen LogP contribution in [-0.2, 0) is 17.8 Å². The van der Waals surface area contributed by atoms with Gasteiger partial charge in [0.25, 0.3) is 0 Å². The largest absolute Gasteiger partial charge is 0.392 e. The molecule has 1 aromatic rings. The average Bonchev–Trinajstić information content (AvgIpc) is 2.27. The average molecular weight is 227 g/mol. The molecule has 0 radical (unpaired) electrons. The van der Waals surface area contributed by atoms with Crippen molar-refractivity contribution in [1.82, 2.24) is 0 Å². The van der Waals surface area contributed by atoms with Crippen molar-refractivity contribution in [3.05, 3.63) is 35.4 Å². The maximum atomic E-state index is 11.4. The number of Topliss-reactive ketones (excluding diaryl/α,β-unsaturated/α-hetero) is 1. The molecule has 15 heavy (non-hydrogen) atoms. The van der Waals surface area contributed by atoms with Crippen LogP contribution in [0.4, 0.5) is 0 Å². The van der Waals surface area contributed by atoms with Crippen LogP contribution in [0, 0.1) is 0 Å². The highest BCUT2D eigenvalue weighted by molar-refractivity contribution is 6.17. The second-order valence-corrected chi connectivity index (χ2v) is 3.86. The third-order valence-electron chi connectivity index (χ3n) is 2.20. The van der Waals surface area contributed by atoms with Gasteiger partial charge in [0, 0.05) is 18.7 Å². The Labute approximate surface area is 94.9 Å². The molecule has 0 spiro atoms. The SMILES string of the molecule is O=C(CCCCl)Cc1ccc(CO)cc1. The Morgan fingerprint density at radius 2 is 1.80 bits per heavy atom. The first-order valence-electron chi connectivity index (χ1n) is 5.02. The number of ketones is 1. The van der Waals surface area contributed by atoms with Crippen LogP contribution in [-0.4, -0.2) is 16.8 Å². The van der Waals surface area contributed by atoms with E-state index in [1.165, 1.54) is 0 Å². The van der Waals surface area contributed by atoms with Gasteiger partial charge in [-0.05, 0) is 17.5 Å². The van der Waals surface area contributed by atoms with E-state index in [-0.39, 0.29) is 12.4 Å². The Morgan fingerprint density at radius 1 is 1.20 bits per heavy atom. The van der Waals surface area contributed by atoms with E-state index in [2.05, 4.69) is 0 Å². The van der Waals surface area contributed by atoms with Crippen molar-refractivity contribution in [3.8, 4) is 0 Å². The predicted octanol–water partition coefficient (Wildman–Crippen LogP) is 2.31. The van der Waals surface area contributed by atoms with Crippen LogP contribution in [0.2, 0.25) is 0 Å². The van der Waals surface area contributed by atoms with Crippen molar-refractivity contribution in [3.63, 3.8) is 0 Å². The number of hydrogen-bond acceptors (Lipinski definition) is 2. The fraction of sp³-hybridized carbons (Fsp3) is 0.417. The molecule has 1 aromatic carbocycles. The van der Waals surface area contributed by atoms with Gasteiger partial charge >= 0.3 is 0 Å². The smallest absolute Gasteiger partial charge is 0.137 e. The van der Waals surface area contributed by atoms with E-state index in [0.717, 1.165) is 17.5 Å². The first-order chi connectivity index (χ1) is 7.26. The lowest BCUT2D eigenvalue weighted by molar-refractivity contribution is -0.118. The van der Waals surface area contributed by atoms with Crippen LogP contribution in [0.5, 0.6) is 0 Å². The minimum Gasteiger partial charge on any atom is -0.392 e. The van der Waals surface area contributed by atoms with Gasteiger partial charge in [-0.25, -0.2) is 0 Å². The van der Waals surface area contributed by atoms with Gasteiger partial charge in [0.05, 0.1) is 6.61 Å². The molecule has 0 heterocycles. The van der Waals surface area contributed by atoms with Crippen molar-refractivity contribution in [2.24, 2.45) is 0 Å². The monoisotopic (exact) mass is 226 g/mol. The van der Waals surface area contributed by atoms with Gasteiger partial charge < -0.3 is 5.11 Å². The lowest BCUT2D eigenvalue weighted by Gasteiger charge is -2.01. The number of benzene rings is 1. The van der Waals surface area contributed by atoms with E-state index in [9.17, 15) is 4.79 Å². The molecule has 0 aliphatic carbocycles. The fourth-order valence-corrected chi connectivity index (χ4v) is 1.48. The molecule has 0 unspecified atom stereocenters. The summed E-state index contributed by atoms with van der Waals surface area (Å²) in [5, 5.41) is 8.84. The van der Waals surface area contributed by atoms with Gasteiger partial charge in [-0.1, -0.05) is 24.3 Å². The number of rotatable bonds is 6. The Morgan fingerprint density at radius 3 is 2.33 bits per heavy atom. The van der Waals surface area contributed by atoms with Gasteiger partial charge in [0.2, 0.25) is 0 Å². The lowest BCUT2D eigenvalue weighted by Crippen LogP contribution is -2.02. The summed E-state index contributed by atoms with van der Waals surface area (Å²) in [5.41, 5.74) is 1.86. The van der Waals surface area contributed by atoms with Crippen LogP contribution in [0.15, 0.2) is 24.3 Å². The summed E-state index contributed by atoms with van der Waals surface area (Å²) in [6, 6.07) is 7.43. The topological polar surface area (TPSA) is 37.3 Å². The maximum Gasteiger partial charge on any atom is 0.137 e. The van der Waals surface area contributed by atoms with Crippen LogP contribution in [0.25, 0.3) is 0 Å². The Kier molecular flexibility index (Phi) is 5.37. The van der Waals surface area contributed by atoms with E-state index < -0.39 is 0 Å². The first-order valence-corrected chi connectivity index (χ1v) is 5.56. The molecule has 0 saturated carbocycles. The zero-order chi connectivity index (χ0) is 11.1. The van der Waals surface area contributed by atoms with Crippen molar-refractivity contribution in [2.75, 3.05) is 5.88 Å². The van der Waals surface area contributed by atoms with Crippen LogP contribution in [0.3, 0.4) is 0 Å². The molecule has 3 heteroatoms. The van der Waals surface area contributed by atoms with Crippen molar-refractivity contribution in [2.45, 2.75) is 25.9 Å². The molecule has 82 valence electrons. The Hall–Kier alpha value is -0.860. The van der Waals surface area contributed by atoms with Gasteiger partial charge in [0.1, 0.15) is 5.78 Å². The molecule has 1 N–H and O–H groups in total. The summed E-state index contributed by atoms with van der Waals surface area (Å²) < 4.78 is 0. The number of aliphatic hydroxyl groups excluding tert-OH is 1. The van der Waals surface area contributed by atoms with Gasteiger partial charge in [-0.15, -0.1) is 11.6 Å². The van der Waals surface area contributed by atoms with Gasteiger partial charge in [-0.3, -0.25) is 4.79 Å². The molecular formula is C12H15ClO2. The summed E-state index contributed by atoms with van der Waals surface area (Å²) in [6.45, 7) is 0.0421. The standard InChI is InChI=1S/C12H15ClO2/c13-7-1-2-12(15)8-10-3-5-11(9-14)6-4-10/h3-6,14H,1-2,7-9H2. The Bertz CT molecular complexity index is 306. The number of alkyl halides is 1. The van der Waals surface area contributed by atoms with Crippen LogP contribution in [0.1, 0.15) is 24.0 Å². The highest BCUT2D eigenvalue weighted by atomic mass is 35.5. The van der Waals surface area contributed by atoms with Crippen molar-refractivity contribution < 1.29 is 9.90 Å². The normalized spacial score (nSPS) is 10.3. The summed E-state index contributed by atoms with van der Waals surface area (Å²) in [4.78, 5) is 11.4. The second kappa shape index (κ2) is 6.59. The second-order valence-electron chi connectivity index (χ2n) is 3.48. The fourth-order valence-electron chi connectivity index (χ4n) is 1.34. The lowest BCUT2D eigenvalue weighted by atomic mass is 10.0. The molecular weight excluding hydrogens is 212 g/mol. The number of hydrogen-bond donors (Lipinski definition) is 1. The third-order valence-corrected chi connectivity index (χ3v) is 2.46. The molecule has 0 amide bonds. The summed E-state index contributed by atoms with van der Waals surface area (Å²) in [7, 11) is 0. The van der Waals surface area contributed by atoms with E-state index in [4.69, 9.17) is 16.7 Å². The number of carbonyl (C=O) groups is 1. The first kappa shape index (κ1) is 12.2. The highest BCUT2D eigenvalue weighted by Crippen LogP contribution is 2.07. The van der Waals surface area contributed by atoms with Crippen molar-refractivity contribution in [1.29, 1.82) is 0 Å². The summed E-state index contributed by atoms with van der Waals surface area (Å²) in [6.07, 6.45) is 1.75. The quantitative estimate of drug-likeness (QED) is 0.756. The molecule has 1 rings (SSSR count). The third kappa shape index (κ3) is 4.45. The molecule has 2 nitrogen and oxygen atoms in total. The molecule has 0 aromatic heterocycles. The summed E-state index contributed by atoms with van der Waals surface area (Å²) >= 11 is 5.51. The molecule has 0 aliphatic rings. The van der Waals surface area contributed by atoms with E-state index in [0.29, 0.717) is 18.7 Å². The van der Waals surface area contributed by atoms with E-state index in [1.54, 1.807) is 0 Å². The van der Waals surface area contributed by atoms with Crippen LogP contribution >= 0.6 is 11.6 Å². The number of aliphatic hydroxyl groups is 1. The minimum atomic E-state index is 0.0421. The van der Waals surface area contributed by atoms with E-state index in [1.807, 2.05) is 24.3 Å². The molecule has 0 saturated heterocycles. The zero-order valence-electron chi connectivity index (χ0n) is 8.58. The Balaban J connectivity index is 2.46. The maximum absolute atomic E-state index is 11.4. The molecule has 0 aliphatic heterocycles. The van der Waals surface area contributed by atoms with Crippen molar-refractivity contribution >= 4 is 17.4 Å². The molecule has 0 bridgehead atoms. The number of carbonyl (C=O) groups excluding carboxylic acids is 1.